The van der Waals surface area contributed by atoms with Crippen LogP contribution in [0.4, 0.5) is 0 Å². The first-order chi connectivity index (χ1) is 13.5. The molecular formula is C22H29NO5. The van der Waals surface area contributed by atoms with Crippen LogP contribution in [0.3, 0.4) is 0 Å². The van der Waals surface area contributed by atoms with E-state index in [0.29, 0.717) is 30.2 Å². The Balaban J connectivity index is 1.83. The number of benzene rings is 2. The van der Waals surface area contributed by atoms with Gasteiger partial charge in [-0.05, 0) is 50.1 Å². The fourth-order valence-electron chi connectivity index (χ4n) is 2.60. The molecule has 1 atom stereocenters. The summed E-state index contributed by atoms with van der Waals surface area (Å²) in [6, 6.07) is 15.1. The van der Waals surface area contributed by atoms with Gasteiger partial charge >= 0.3 is 0 Å². The Labute approximate surface area is 166 Å². The first kappa shape index (κ1) is 21.6. The Morgan fingerprint density at radius 1 is 1.04 bits per heavy atom. The molecule has 6 heteroatoms. The van der Waals surface area contributed by atoms with Crippen LogP contribution in [0.1, 0.15) is 19.4 Å². The van der Waals surface area contributed by atoms with Crippen molar-refractivity contribution in [2.24, 2.45) is 0 Å². The van der Waals surface area contributed by atoms with Crippen molar-refractivity contribution in [3.05, 3.63) is 54.1 Å². The highest BCUT2D eigenvalue weighted by Crippen LogP contribution is 2.29. The van der Waals surface area contributed by atoms with E-state index in [1.165, 1.54) is 7.11 Å². The lowest BCUT2D eigenvalue weighted by Gasteiger charge is -2.17. The van der Waals surface area contributed by atoms with Gasteiger partial charge in [0, 0.05) is 13.7 Å². The van der Waals surface area contributed by atoms with Gasteiger partial charge in [0.1, 0.15) is 12.4 Å². The molecule has 0 bridgehead atoms. The number of amides is 1. The first-order valence-electron chi connectivity index (χ1n) is 9.35. The van der Waals surface area contributed by atoms with Crippen LogP contribution in [0.5, 0.6) is 17.2 Å². The molecule has 1 unspecified atom stereocenters. The highest BCUT2D eigenvalue weighted by atomic mass is 16.5. The molecule has 1 amide bonds. The molecule has 0 aliphatic rings. The maximum absolute atomic E-state index is 12.3. The minimum absolute atomic E-state index is 0.0723. The van der Waals surface area contributed by atoms with Crippen LogP contribution in [-0.4, -0.2) is 45.5 Å². The van der Waals surface area contributed by atoms with Gasteiger partial charge in [0.25, 0.3) is 5.91 Å². The third kappa shape index (κ3) is 6.78. The average Bonchev–Trinajstić information content (AvgIpc) is 2.70. The van der Waals surface area contributed by atoms with Crippen molar-refractivity contribution in [3.63, 3.8) is 0 Å². The van der Waals surface area contributed by atoms with Crippen molar-refractivity contribution in [2.45, 2.75) is 32.5 Å². The zero-order valence-electron chi connectivity index (χ0n) is 16.9. The highest BCUT2D eigenvalue weighted by molar-refractivity contribution is 5.80. The zero-order chi connectivity index (χ0) is 20.4. The molecule has 0 radical (unpaired) electrons. The van der Waals surface area contributed by atoms with Crippen molar-refractivity contribution in [1.29, 1.82) is 0 Å². The Hall–Kier alpha value is -2.73. The summed E-state index contributed by atoms with van der Waals surface area (Å²) < 4.78 is 22.0. The molecule has 6 nitrogen and oxygen atoms in total. The molecule has 0 saturated heterocycles. The molecule has 1 N–H and O–H groups in total. The fraction of sp³-hybridized carbons (Fsp3) is 0.409. The van der Waals surface area contributed by atoms with Crippen LogP contribution in [0.25, 0.3) is 0 Å². The van der Waals surface area contributed by atoms with Gasteiger partial charge in [-0.2, -0.15) is 0 Å². The van der Waals surface area contributed by atoms with Crippen LogP contribution < -0.4 is 19.5 Å². The van der Waals surface area contributed by atoms with Gasteiger partial charge in [-0.25, -0.2) is 0 Å². The number of para-hydroxylation sites is 1. The van der Waals surface area contributed by atoms with Crippen LogP contribution in [-0.2, 0) is 16.0 Å². The highest BCUT2D eigenvalue weighted by Gasteiger charge is 2.18. The summed E-state index contributed by atoms with van der Waals surface area (Å²) in [4.78, 5) is 12.3. The normalized spacial score (nSPS) is 11.8. The quantitative estimate of drug-likeness (QED) is 0.641. The maximum atomic E-state index is 12.3. The van der Waals surface area contributed by atoms with Crippen molar-refractivity contribution in [3.8, 4) is 17.2 Å². The van der Waals surface area contributed by atoms with E-state index in [2.05, 4.69) is 5.32 Å². The third-order valence-corrected chi connectivity index (χ3v) is 4.03. The molecule has 152 valence electrons. The largest absolute Gasteiger partial charge is 0.493 e. The Morgan fingerprint density at radius 3 is 2.43 bits per heavy atom. The summed E-state index contributed by atoms with van der Waals surface area (Å²) in [6.45, 7) is 4.58. The summed E-state index contributed by atoms with van der Waals surface area (Å²) in [7, 11) is 3.11. The van der Waals surface area contributed by atoms with Crippen LogP contribution >= 0.6 is 0 Å². The number of methoxy groups -OCH3 is 2. The van der Waals surface area contributed by atoms with E-state index < -0.39 is 6.10 Å². The number of rotatable bonds is 11. The molecule has 2 aromatic rings. The van der Waals surface area contributed by atoms with E-state index in [-0.39, 0.29) is 18.6 Å². The van der Waals surface area contributed by atoms with E-state index >= 15 is 0 Å². The second-order valence-electron chi connectivity index (χ2n) is 6.54. The summed E-state index contributed by atoms with van der Waals surface area (Å²) in [5, 5.41) is 2.89. The maximum Gasteiger partial charge on any atom is 0.252 e. The lowest BCUT2D eigenvalue weighted by Crippen LogP contribution is -2.40. The lowest BCUT2D eigenvalue weighted by molar-refractivity contribution is -0.132. The van der Waals surface area contributed by atoms with Crippen molar-refractivity contribution in [1.82, 2.24) is 5.32 Å². The molecule has 0 aliphatic carbocycles. The third-order valence-electron chi connectivity index (χ3n) is 4.03. The van der Waals surface area contributed by atoms with Gasteiger partial charge in [-0.1, -0.05) is 24.3 Å². The summed E-state index contributed by atoms with van der Waals surface area (Å²) in [6.07, 6.45) is 0.0692. The summed E-state index contributed by atoms with van der Waals surface area (Å²) in [5.74, 6) is 1.89. The molecule has 0 heterocycles. The van der Waals surface area contributed by atoms with E-state index in [9.17, 15) is 4.79 Å². The van der Waals surface area contributed by atoms with Crippen molar-refractivity contribution >= 4 is 5.91 Å². The molecule has 28 heavy (non-hydrogen) atoms. The predicted molar refractivity (Wildman–Crippen MR) is 108 cm³/mol. The second kappa shape index (κ2) is 11.2. The zero-order valence-corrected chi connectivity index (χ0v) is 16.9. The van der Waals surface area contributed by atoms with Gasteiger partial charge in [0.05, 0.1) is 13.2 Å². The molecular weight excluding hydrogens is 358 g/mol. The topological polar surface area (TPSA) is 66.0 Å². The van der Waals surface area contributed by atoms with Gasteiger partial charge in [-0.3, -0.25) is 4.79 Å². The molecule has 2 rings (SSSR count). The van der Waals surface area contributed by atoms with E-state index in [1.54, 1.807) is 7.11 Å². The average molecular weight is 387 g/mol. The molecule has 0 spiro atoms. The van der Waals surface area contributed by atoms with Gasteiger partial charge in [0.15, 0.2) is 17.6 Å². The predicted octanol–water partition coefficient (Wildman–Crippen LogP) is 3.24. The van der Waals surface area contributed by atoms with Crippen LogP contribution in [0.2, 0.25) is 0 Å². The van der Waals surface area contributed by atoms with E-state index in [1.807, 2.05) is 62.4 Å². The number of hydrogen-bond donors (Lipinski definition) is 1. The fourth-order valence-corrected chi connectivity index (χ4v) is 2.60. The standard InChI is InChI=1S/C22H29NO5/c1-16(2)28-19-11-10-17(14-20(19)25-3)12-13-23-22(24)21(26-4)15-27-18-8-6-5-7-9-18/h5-11,14,16,21H,12-13,15H2,1-4H3,(H,23,24). The summed E-state index contributed by atoms with van der Waals surface area (Å²) >= 11 is 0. The number of carbonyl (C=O) groups is 1. The number of carbonyl (C=O) groups excluding carboxylic acids is 1. The van der Waals surface area contributed by atoms with E-state index in [4.69, 9.17) is 18.9 Å². The molecule has 0 fully saturated rings. The van der Waals surface area contributed by atoms with Crippen LogP contribution in [0.15, 0.2) is 48.5 Å². The summed E-state index contributed by atoms with van der Waals surface area (Å²) in [5.41, 5.74) is 1.04. The van der Waals surface area contributed by atoms with E-state index in [0.717, 1.165) is 5.56 Å². The monoisotopic (exact) mass is 387 g/mol. The number of nitrogens with one attached hydrogen (secondary N) is 1. The molecule has 0 aliphatic heterocycles. The van der Waals surface area contributed by atoms with Gasteiger partial charge in [-0.15, -0.1) is 0 Å². The van der Waals surface area contributed by atoms with Gasteiger partial charge < -0.3 is 24.3 Å². The Bertz CT molecular complexity index is 733. The lowest BCUT2D eigenvalue weighted by atomic mass is 10.1. The molecule has 0 aromatic heterocycles. The van der Waals surface area contributed by atoms with Crippen LogP contribution in [0, 0.1) is 0 Å². The van der Waals surface area contributed by atoms with Crippen molar-refractivity contribution < 1.29 is 23.7 Å². The minimum atomic E-state index is -0.670. The first-order valence-corrected chi connectivity index (χ1v) is 9.35. The number of ether oxygens (including phenoxy) is 4. The van der Waals surface area contributed by atoms with Crippen molar-refractivity contribution in [2.75, 3.05) is 27.4 Å². The molecule has 2 aromatic carbocycles. The SMILES string of the molecule is COc1cc(CCNC(=O)C(COc2ccccc2)OC)ccc1OC(C)C. The Kier molecular flexibility index (Phi) is 8.62. The van der Waals surface area contributed by atoms with Gasteiger partial charge in [0.2, 0.25) is 0 Å². The Morgan fingerprint density at radius 2 is 1.79 bits per heavy atom. The molecule has 0 saturated carbocycles. The number of hydrogen-bond acceptors (Lipinski definition) is 5. The minimum Gasteiger partial charge on any atom is -0.493 e. The smallest absolute Gasteiger partial charge is 0.252 e. The second-order valence-corrected chi connectivity index (χ2v) is 6.54.